The summed E-state index contributed by atoms with van der Waals surface area (Å²) in [5.74, 6) is -0.964. The zero-order chi connectivity index (χ0) is 26.9. The standard InChI is InChI=1S/C27H33ClN4O5/c1-17-10-12-32(31-15-19-5-4-6-23(13-19)36-3)27(35)24(17)25(37-18(2)33)26(34)30-16-21-14-22(28)8-7-20(21)9-11-29/h4-8,13-14,25,31H,9-12,15-16,29H2,1-3H3,(H,30,34). The number of hydrazine groups is 1. The number of rotatable bonds is 11. The normalized spacial score (nSPS) is 14.4. The third kappa shape index (κ3) is 7.55. The molecule has 0 spiro atoms. The first kappa shape index (κ1) is 28.2. The topological polar surface area (TPSA) is 123 Å². The Morgan fingerprint density at radius 3 is 2.65 bits per heavy atom. The van der Waals surface area contributed by atoms with Crippen LogP contribution in [0.25, 0.3) is 0 Å². The van der Waals surface area contributed by atoms with E-state index in [2.05, 4.69) is 10.7 Å². The molecule has 0 saturated carbocycles. The van der Waals surface area contributed by atoms with Crippen LogP contribution in [0.1, 0.15) is 37.0 Å². The zero-order valence-electron chi connectivity index (χ0n) is 21.3. The molecule has 1 heterocycles. The van der Waals surface area contributed by atoms with Crippen molar-refractivity contribution in [1.29, 1.82) is 0 Å². The third-order valence-electron chi connectivity index (χ3n) is 6.07. The number of carbonyl (C=O) groups excluding carboxylic acids is 3. The number of carbonyl (C=O) groups is 3. The molecule has 0 saturated heterocycles. The Kier molecular flexibility index (Phi) is 10.1. The number of hydrogen-bond acceptors (Lipinski definition) is 7. The number of nitrogens with one attached hydrogen (secondary N) is 2. The molecular formula is C27H33ClN4O5. The van der Waals surface area contributed by atoms with Gasteiger partial charge in [-0.1, -0.05) is 35.4 Å². The van der Waals surface area contributed by atoms with Crippen LogP contribution in [0.3, 0.4) is 0 Å². The lowest BCUT2D eigenvalue weighted by atomic mass is 9.96. The molecule has 0 bridgehead atoms. The number of ether oxygens (including phenoxy) is 2. The van der Waals surface area contributed by atoms with Crippen LogP contribution in [0.4, 0.5) is 0 Å². The molecule has 4 N–H and O–H groups in total. The smallest absolute Gasteiger partial charge is 0.303 e. The Morgan fingerprint density at radius 2 is 1.95 bits per heavy atom. The van der Waals surface area contributed by atoms with Crippen molar-refractivity contribution >= 4 is 29.4 Å². The van der Waals surface area contributed by atoms with Gasteiger partial charge in [0.1, 0.15) is 5.75 Å². The van der Waals surface area contributed by atoms with Crippen LogP contribution in [0.2, 0.25) is 5.02 Å². The highest BCUT2D eigenvalue weighted by molar-refractivity contribution is 6.30. The van der Waals surface area contributed by atoms with Gasteiger partial charge < -0.3 is 20.5 Å². The minimum Gasteiger partial charge on any atom is -0.497 e. The Bertz CT molecular complexity index is 1180. The SMILES string of the molecule is COc1cccc(CNN2CCC(C)=C(C(OC(C)=O)C(=O)NCc3cc(Cl)ccc3CCN)C2=O)c1. The molecule has 37 heavy (non-hydrogen) atoms. The molecule has 1 aliphatic heterocycles. The van der Waals surface area contributed by atoms with Crippen LogP contribution in [0.5, 0.6) is 5.75 Å². The van der Waals surface area contributed by atoms with E-state index in [1.807, 2.05) is 30.3 Å². The lowest BCUT2D eigenvalue weighted by molar-refractivity contribution is -0.153. The van der Waals surface area contributed by atoms with Crippen LogP contribution in [-0.2, 0) is 38.6 Å². The highest BCUT2D eigenvalue weighted by atomic mass is 35.5. The Morgan fingerprint density at radius 1 is 1.16 bits per heavy atom. The van der Waals surface area contributed by atoms with Crippen molar-refractivity contribution < 1.29 is 23.9 Å². The molecule has 2 aromatic carbocycles. The van der Waals surface area contributed by atoms with Crippen molar-refractivity contribution in [3.8, 4) is 5.75 Å². The molecule has 1 atom stereocenters. The molecule has 9 nitrogen and oxygen atoms in total. The van der Waals surface area contributed by atoms with E-state index in [9.17, 15) is 14.4 Å². The molecule has 198 valence electrons. The van der Waals surface area contributed by atoms with E-state index < -0.39 is 23.9 Å². The maximum Gasteiger partial charge on any atom is 0.303 e. The van der Waals surface area contributed by atoms with Crippen LogP contribution in [0.15, 0.2) is 53.6 Å². The zero-order valence-corrected chi connectivity index (χ0v) is 22.1. The van der Waals surface area contributed by atoms with Crippen molar-refractivity contribution in [2.75, 3.05) is 20.2 Å². The second-order valence-electron chi connectivity index (χ2n) is 8.75. The van der Waals surface area contributed by atoms with Gasteiger partial charge in [0.15, 0.2) is 0 Å². The molecule has 3 rings (SSSR count). The van der Waals surface area contributed by atoms with Gasteiger partial charge in [-0.2, -0.15) is 0 Å². The first-order chi connectivity index (χ1) is 17.7. The second kappa shape index (κ2) is 13.2. The number of nitrogens with zero attached hydrogens (tertiary/aromatic N) is 1. The van der Waals surface area contributed by atoms with E-state index in [1.54, 1.807) is 26.2 Å². The summed E-state index contributed by atoms with van der Waals surface area (Å²) >= 11 is 6.15. The van der Waals surface area contributed by atoms with E-state index in [0.717, 1.165) is 16.7 Å². The maximum absolute atomic E-state index is 13.4. The fourth-order valence-electron chi connectivity index (χ4n) is 4.14. The quantitative estimate of drug-likeness (QED) is 0.383. The summed E-state index contributed by atoms with van der Waals surface area (Å²) < 4.78 is 10.6. The number of methoxy groups -OCH3 is 1. The maximum atomic E-state index is 13.4. The first-order valence-electron chi connectivity index (χ1n) is 12.0. The first-order valence-corrected chi connectivity index (χ1v) is 12.4. The highest BCUT2D eigenvalue weighted by Crippen LogP contribution is 2.24. The molecule has 0 aromatic heterocycles. The Labute approximate surface area is 221 Å². The van der Waals surface area contributed by atoms with Gasteiger partial charge in [-0.15, -0.1) is 0 Å². The van der Waals surface area contributed by atoms with Crippen LogP contribution >= 0.6 is 11.6 Å². The average Bonchev–Trinajstić information content (AvgIpc) is 2.87. The monoisotopic (exact) mass is 528 g/mol. The van der Waals surface area contributed by atoms with Gasteiger partial charge in [-0.3, -0.25) is 19.4 Å². The molecular weight excluding hydrogens is 496 g/mol. The van der Waals surface area contributed by atoms with Crippen molar-refractivity contribution in [1.82, 2.24) is 15.8 Å². The summed E-state index contributed by atoms with van der Waals surface area (Å²) in [7, 11) is 1.59. The minimum atomic E-state index is -1.39. The molecule has 0 radical (unpaired) electrons. The van der Waals surface area contributed by atoms with Gasteiger partial charge in [-0.25, -0.2) is 5.43 Å². The summed E-state index contributed by atoms with van der Waals surface area (Å²) in [6.07, 6.45) is -0.248. The number of esters is 1. The molecule has 1 unspecified atom stereocenters. The van der Waals surface area contributed by atoms with Crippen molar-refractivity contribution in [2.45, 2.75) is 45.9 Å². The predicted molar refractivity (Wildman–Crippen MR) is 140 cm³/mol. The number of benzene rings is 2. The van der Waals surface area contributed by atoms with Crippen LogP contribution in [-0.4, -0.2) is 49.1 Å². The molecule has 2 amide bonds. The van der Waals surface area contributed by atoms with E-state index in [1.165, 1.54) is 11.9 Å². The number of hydrogen-bond donors (Lipinski definition) is 3. The van der Waals surface area contributed by atoms with E-state index in [-0.39, 0.29) is 12.1 Å². The molecule has 1 aliphatic rings. The average molecular weight is 529 g/mol. The predicted octanol–water partition coefficient (Wildman–Crippen LogP) is 2.65. The fraction of sp³-hybridized carbons (Fsp3) is 0.370. The van der Waals surface area contributed by atoms with Crippen molar-refractivity contribution in [2.24, 2.45) is 5.73 Å². The molecule has 0 fully saturated rings. The van der Waals surface area contributed by atoms with Crippen molar-refractivity contribution in [3.63, 3.8) is 0 Å². The van der Waals surface area contributed by atoms with E-state index in [4.69, 9.17) is 26.8 Å². The molecule has 2 aromatic rings. The molecule has 10 heteroatoms. The van der Waals surface area contributed by atoms with Gasteiger partial charge >= 0.3 is 5.97 Å². The summed E-state index contributed by atoms with van der Waals surface area (Å²) in [6.45, 7) is 4.35. The summed E-state index contributed by atoms with van der Waals surface area (Å²) in [5.41, 5.74) is 12.3. The van der Waals surface area contributed by atoms with Gasteiger partial charge in [0.25, 0.3) is 11.8 Å². The summed E-state index contributed by atoms with van der Waals surface area (Å²) in [6, 6.07) is 12.9. The van der Waals surface area contributed by atoms with Crippen LogP contribution < -0.4 is 21.2 Å². The lowest BCUT2D eigenvalue weighted by Crippen LogP contribution is -2.51. The largest absolute Gasteiger partial charge is 0.497 e. The van der Waals surface area contributed by atoms with Gasteiger partial charge in [0.05, 0.1) is 12.7 Å². The number of nitrogens with two attached hydrogens (primary N) is 1. The summed E-state index contributed by atoms with van der Waals surface area (Å²) in [5, 5.41) is 4.77. The van der Waals surface area contributed by atoms with Gasteiger partial charge in [-0.05, 0) is 67.3 Å². The van der Waals surface area contributed by atoms with E-state index >= 15 is 0 Å². The second-order valence-corrected chi connectivity index (χ2v) is 9.18. The van der Waals surface area contributed by atoms with Gasteiger partial charge in [0, 0.05) is 31.6 Å². The highest BCUT2D eigenvalue weighted by Gasteiger charge is 2.37. The molecule has 0 aliphatic carbocycles. The number of amides is 2. The Balaban J connectivity index is 1.76. The third-order valence-corrected chi connectivity index (χ3v) is 6.31. The fourth-order valence-corrected chi connectivity index (χ4v) is 4.34. The van der Waals surface area contributed by atoms with Crippen LogP contribution in [0, 0.1) is 0 Å². The van der Waals surface area contributed by atoms with Crippen molar-refractivity contribution in [3.05, 3.63) is 75.3 Å². The Hall–Kier alpha value is -3.40. The minimum absolute atomic E-state index is 0.144. The van der Waals surface area contributed by atoms with Gasteiger partial charge in [0.2, 0.25) is 6.10 Å². The van der Waals surface area contributed by atoms with E-state index in [0.29, 0.717) is 48.8 Å². The number of halogens is 1. The lowest BCUT2D eigenvalue weighted by Gasteiger charge is -2.32. The summed E-state index contributed by atoms with van der Waals surface area (Å²) in [4.78, 5) is 38.6.